The lowest BCUT2D eigenvalue weighted by atomic mass is 10.2. The van der Waals surface area contributed by atoms with Crippen molar-refractivity contribution in [2.24, 2.45) is 0 Å². The molecule has 0 saturated carbocycles. The SMILES string of the molecule is C[NH+]1CCN(CCOc2ccc([N+](=O)[O-])cc2[N+](=O)[O-])CC1. The van der Waals surface area contributed by atoms with Gasteiger partial charge in [-0.15, -0.1) is 0 Å². The molecular weight excluding hydrogens is 292 g/mol. The lowest BCUT2D eigenvalue weighted by molar-refractivity contribution is -0.884. The fourth-order valence-electron chi connectivity index (χ4n) is 2.33. The number of hydrogen-bond donors (Lipinski definition) is 1. The van der Waals surface area contributed by atoms with E-state index in [-0.39, 0.29) is 17.1 Å². The van der Waals surface area contributed by atoms with E-state index in [2.05, 4.69) is 11.9 Å². The highest BCUT2D eigenvalue weighted by atomic mass is 16.6. The van der Waals surface area contributed by atoms with E-state index in [0.717, 1.165) is 32.2 Å². The number of likely N-dealkylation sites (N-methyl/N-ethyl adjacent to an activating group) is 1. The van der Waals surface area contributed by atoms with Gasteiger partial charge < -0.3 is 9.64 Å². The normalized spacial score (nSPS) is 16.4. The van der Waals surface area contributed by atoms with Gasteiger partial charge in [-0.25, -0.2) is 0 Å². The lowest BCUT2D eigenvalue weighted by Gasteiger charge is -2.29. The maximum atomic E-state index is 11.0. The van der Waals surface area contributed by atoms with Crippen LogP contribution < -0.4 is 9.64 Å². The molecule has 1 aromatic rings. The van der Waals surface area contributed by atoms with Gasteiger partial charge in [-0.1, -0.05) is 0 Å². The fourth-order valence-corrected chi connectivity index (χ4v) is 2.33. The molecule has 9 heteroatoms. The number of rotatable bonds is 6. The van der Waals surface area contributed by atoms with Gasteiger partial charge in [-0.05, 0) is 6.07 Å². The van der Waals surface area contributed by atoms with Crippen molar-refractivity contribution in [1.82, 2.24) is 4.90 Å². The number of non-ortho nitro benzene ring substituents is 1. The first-order chi connectivity index (χ1) is 10.5. The highest BCUT2D eigenvalue weighted by molar-refractivity contribution is 5.53. The summed E-state index contributed by atoms with van der Waals surface area (Å²) in [5.74, 6) is 0.0651. The van der Waals surface area contributed by atoms with Gasteiger partial charge in [0.15, 0.2) is 5.75 Å². The standard InChI is InChI=1S/C13H18N4O5/c1-14-4-6-15(7-5-14)8-9-22-13-3-2-11(16(18)19)10-12(13)17(20)21/h2-3,10H,4-9H2,1H3/p+1. The monoisotopic (exact) mass is 311 g/mol. The molecule has 9 nitrogen and oxygen atoms in total. The number of quaternary nitrogens is 1. The topological polar surface area (TPSA) is 103 Å². The summed E-state index contributed by atoms with van der Waals surface area (Å²) < 4.78 is 5.45. The van der Waals surface area contributed by atoms with Gasteiger partial charge in [0.05, 0.1) is 36.1 Å². The highest BCUT2D eigenvalue weighted by Gasteiger charge is 2.21. The van der Waals surface area contributed by atoms with Crippen LogP contribution in [0.3, 0.4) is 0 Å². The van der Waals surface area contributed by atoms with Crippen LogP contribution in [0.1, 0.15) is 0 Å². The van der Waals surface area contributed by atoms with Gasteiger partial charge >= 0.3 is 5.69 Å². The Hall–Kier alpha value is -2.26. The molecule has 1 fully saturated rings. The molecule has 22 heavy (non-hydrogen) atoms. The first-order valence-corrected chi connectivity index (χ1v) is 7.06. The molecule has 1 aromatic carbocycles. The summed E-state index contributed by atoms with van der Waals surface area (Å²) >= 11 is 0. The summed E-state index contributed by atoms with van der Waals surface area (Å²) in [6, 6.07) is 3.42. The highest BCUT2D eigenvalue weighted by Crippen LogP contribution is 2.30. The van der Waals surface area contributed by atoms with Gasteiger partial charge in [0.1, 0.15) is 6.61 Å². The second kappa shape index (κ2) is 7.14. The summed E-state index contributed by atoms with van der Waals surface area (Å²) in [7, 11) is 2.15. The van der Waals surface area contributed by atoms with Crippen molar-refractivity contribution in [3.05, 3.63) is 38.4 Å². The van der Waals surface area contributed by atoms with Crippen LogP contribution in [0.2, 0.25) is 0 Å². The Balaban J connectivity index is 1.94. The molecule has 1 N–H and O–H groups in total. The molecule has 1 saturated heterocycles. The number of benzene rings is 1. The number of nitrogens with zero attached hydrogens (tertiary/aromatic N) is 3. The first kappa shape index (κ1) is 16.1. The summed E-state index contributed by atoms with van der Waals surface area (Å²) in [6.45, 7) is 5.07. The van der Waals surface area contributed by atoms with Crippen LogP contribution >= 0.6 is 0 Å². The molecule has 0 aliphatic carbocycles. The Morgan fingerprint density at radius 1 is 1.23 bits per heavy atom. The fraction of sp³-hybridized carbons (Fsp3) is 0.538. The molecule has 1 aliphatic heterocycles. The van der Waals surface area contributed by atoms with Crippen LogP contribution in [0.5, 0.6) is 5.75 Å². The molecule has 120 valence electrons. The molecule has 0 bridgehead atoms. The Labute approximate surface area is 127 Å². The van der Waals surface area contributed by atoms with E-state index >= 15 is 0 Å². The number of nitro groups is 2. The predicted octanol–water partition coefficient (Wildman–Crippen LogP) is -0.288. The summed E-state index contributed by atoms with van der Waals surface area (Å²) in [4.78, 5) is 24.1. The number of nitro benzene ring substituents is 2. The Bertz CT molecular complexity index is 557. The molecule has 0 atom stereocenters. The van der Waals surface area contributed by atoms with Crippen molar-refractivity contribution in [1.29, 1.82) is 0 Å². The minimum Gasteiger partial charge on any atom is -0.485 e. The molecular formula is C13H19N4O5+. The van der Waals surface area contributed by atoms with E-state index in [0.29, 0.717) is 13.2 Å². The number of nitrogens with one attached hydrogen (secondary N) is 1. The molecule has 0 spiro atoms. The zero-order chi connectivity index (χ0) is 16.1. The third kappa shape index (κ3) is 4.12. The first-order valence-electron chi connectivity index (χ1n) is 7.06. The summed E-state index contributed by atoms with van der Waals surface area (Å²) in [6.07, 6.45) is 0. The van der Waals surface area contributed by atoms with Crippen LogP contribution in [0.25, 0.3) is 0 Å². The van der Waals surface area contributed by atoms with E-state index in [1.807, 2.05) is 0 Å². The van der Waals surface area contributed by atoms with Crippen molar-refractivity contribution in [2.75, 3.05) is 46.4 Å². The van der Waals surface area contributed by atoms with E-state index in [1.165, 1.54) is 17.0 Å². The zero-order valence-electron chi connectivity index (χ0n) is 12.4. The van der Waals surface area contributed by atoms with Gasteiger partial charge in [-0.2, -0.15) is 0 Å². The minimum atomic E-state index is -0.665. The third-order valence-electron chi connectivity index (χ3n) is 3.72. The van der Waals surface area contributed by atoms with Crippen LogP contribution in [-0.4, -0.2) is 61.1 Å². The molecule has 1 aliphatic rings. The lowest BCUT2D eigenvalue weighted by Crippen LogP contribution is -3.12. The second-order valence-electron chi connectivity index (χ2n) is 5.31. The quantitative estimate of drug-likeness (QED) is 0.572. The smallest absolute Gasteiger partial charge is 0.317 e. The third-order valence-corrected chi connectivity index (χ3v) is 3.72. The molecule has 0 amide bonds. The van der Waals surface area contributed by atoms with Crippen LogP contribution in [0.15, 0.2) is 18.2 Å². The molecule has 2 rings (SSSR count). The van der Waals surface area contributed by atoms with Gasteiger partial charge in [0.2, 0.25) is 0 Å². The molecule has 0 aromatic heterocycles. The van der Waals surface area contributed by atoms with E-state index < -0.39 is 9.85 Å². The number of piperazine rings is 1. The van der Waals surface area contributed by atoms with Crippen molar-refractivity contribution in [3.8, 4) is 5.75 Å². The van der Waals surface area contributed by atoms with Crippen LogP contribution in [-0.2, 0) is 0 Å². The average Bonchev–Trinajstić information content (AvgIpc) is 2.49. The minimum absolute atomic E-state index is 0.0651. The van der Waals surface area contributed by atoms with Crippen LogP contribution in [0, 0.1) is 20.2 Å². The van der Waals surface area contributed by atoms with E-state index in [4.69, 9.17) is 4.74 Å². The second-order valence-corrected chi connectivity index (χ2v) is 5.31. The predicted molar refractivity (Wildman–Crippen MR) is 78.3 cm³/mol. The van der Waals surface area contributed by atoms with Crippen molar-refractivity contribution >= 4 is 11.4 Å². The maximum absolute atomic E-state index is 11.0. The molecule has 0 radical (unpaired) electrons. The number of ether oxygens (including phenoxy) is 1. The van der Waals surface area contributed by atoms with Crippen molar-refractivity contribution in [3.63, 3.8) is 0 Å². The van der Waals surface area contributed by atoms with Crippen molar-refractivity contribution in [2.45, 2.75) is 0 Å². The average molecular weight is 311 g/mol. The van der Waals surface area contributed by atoms with Crippen LogP contribution in [0.4, 0.5) is 11.4 Å². The molecule has 0 unspecified atom stereocenters. The maximum Gasteiger partial charge on any atom is 0.317 e. The Morgan fingerprint density at radius 2 is 1.91 bits per heavy atom. The molecule has 1 heterocycles. The summed E-state index contributed by atoms with van der Waals surface area (Å²) in [5.41, 5.74) is -0.696. The largest absolute Gasteiger partial charge is 0.485 e. The zero-order valence-corrected chi connectivity index (χ0v) is 12.4. The van der Waals surface area contributed by atoms with E-state index in [9.17, 15) is 20.2 Å². The Morgan fingerprint density at radius 3 is 2.50 bits per heavy atom. The number of hydrogen-bond acceptors (Lipinski definition) is 6. The summed E-state index contributed by atoms with van der Waals surface area (Å²) in [5, 5.41) is 21.7. The van der Waals surface area contributed by atoms with E-state index in [1.54, 1.807) is 0 Å². The van der Waals surface area contributed by atoms with Crippen molar-refractivity contribution < 1.29 is 19.5 Å². The van der Waals surface area contributed by atoms with Gasteiger partial charge in [-0.3, -0.25) is 25.1 Å². The van der Waals surface area contributed by atoms with Gasteiger partial charge in [0.25, 0.3) is 5.69 Å². The van der Waals surface area contributed by atoms with Gasteiger partial charge in [0, 0.05) is 25.7 Å². The Kier molecular flexibility index (Phi) is 5.23.